The van der Waals surface area contributed by atoms with E-state index >= 15 is 0 Å². The van der Waals surface area contributed by atoms with Crippen molar-refractivity contribution in [2.75, 3.05) is 7.11 Å². The van der Waals surface area contributed by atoms with E-state index in [2.05, 4.69) is 19.9 Å². The van der Waals surface area contributed by atoms with E-state index in [9.17, 15) is 9.90 Å². The first-order chi connectivity index (χ1) is 11.2. The highest BCUT2D eigenvalue weighted by atomic mass is 16.5. The Bertz CT molecular complexity index is 886. The number of carbonyl (C=O) groups excluding carboxylic acids is 1. The van der Waals surface area contributed by atoms with Crippen molar-refractivity contribution in [3.05, 3.63) is 54.4 Å². The van der Waals surface area contributed by atoms with Crippen LogP contribution in [0.15, 0.2) is 58.9 Å². The SMILES string of the molecule is COC(=O)Cc1nc2ccccn2c1N=Nc1ccccc1O. The summed E-state index contributed by atoms with van der Waals surface area (Å²) in [4.78, 5) is 15.9. The number of esters is 1. The Morgan fingerprint density at radius 1 is 1.22 bits per heavy atom. The van der Waals surface area contributed by atoms with Gasteiger partial charge in [-0.15, -0.1) is 10.2 Å². The van der Waals surface area contributed by atoms with Crippen LogP contribution in [0.1, 0.15) is 5.69 Å². The Morgan fingerprint density at radius 3 is 2.78 bits per heavy atom. The highest BCUT2D eigenvalue weighted by Gasteiger charge is 2.15. The maximum Gasteiger partial charge on any atom is 0.311 e. The molecule has 3 aromatic rings. The van der Waals surface area contributed by atoms with Gasteiger partial charge in [-0.3, -0.25) is 9.20 Å². The summed E-state index contributed by atoms with van der Waals surface area (Å²) in [6.45, 7) is 0. The molecule has 1 N–H and O–H groups in total. The number of nitrogens with zero attached hydrogens (tertiary/aromatic N) is 4. The molecule has 0 spiro atoms. The molecular formula is C16H14N4O3. The summed E-state index contributed by atoms with van der Waals surface area (Å²) in [5.74, 6) is 0.0428. The minimum atomic E-state index is -0.410. The van der Waals surface area contributed by atoms with Crippen molar-refractivity contribution >= 4 is 23.1 Å². The maximum absolute atomic E-state index is 11.6. The zero-order valence-corrected chi connectivity index (χ0v) is 12.4. The van der Waals surface area contributed by atoms with Crippen molar-refractivity contribution in [1.29, 1.82) is 0 Å². The Balaban J connectivity index is 2.05. The Kier molecular flexibility index (Phi) is 4.01. The molecule has 3 rings (SSSR count). The van der Waals surface area contributed by atoms with Crippen LogP contribution in [-0.2, 0) is 16.0 Å². The van der Waals surface area contributed by atoms with E-state index in [1.165, 1.54) is 13.2 Å². The molecule has 0 saturated heterocycles. The van der Waals surface area contributed by atoms with Crippen molar-refractivity contribution in [2.24, 2.45) is 10.2 Å². The zero-order chi connectivity index (χ0) is 16.2. The van der Waals surface area contributed by atoms with Gasteiger partial charge >= 0.3 is 5.97 Å². The van der Waals surface area contributed by atoms with Crippen LogP contribution in [0.2, 0.25) is 0 Å². The predicted octanol–water partition coefficient (Wildman–Crippen LogP) is 3.17. The summed E-state index contributed by atoms with van der Waals surface area (Å²) in [6, 6.07) is 12.1. The van der Waals surface area contributed by atoms with E-state index < -0.39 is 5.97 Å². The third kappa shape index (κ3) is 3.03. The third-order valence-electron chi connectivity index (χ3n) is 3.25. The number of azo groups is 1. The number of pyridine rings is 1. The number of hydrogen-bond donors (Lipinski definition) is 1. The molecule has 0 bridgehead atoms. The van der Waals surface area contributed by atoms with Crippen molar-refractivity contribution in [3.8, 4) is 5.75 Å². The number of aromatic nitrogens is 2. The molecule has 7 nitrogen and oxygen atoms in total. The second-order valence-electron chi connectivity index (χ2n) is 4.75. The average molecular weight is 310 g/mol. The predicted molar refractivity (Wildman–Crippen MR) is 83.2 cm³/mol. The van der Waals surface area contributed by atoms with Gasteiger partial charge in [-0.05, 0) is 24.3 Å². The molecule has 0 atom stereocenters. The minimum absolute atomic E-state index is 0.00664. The molecule has 0 amide bonds. The van der Waals surface area contributed by atoms with Crippen LogP contribution >= 0.6 is 0 Å². The number of methoxy groups -OCH3 is 1. The van der Waals surface area contributed by atoms with Crippen LogP contribution in [0.5, 0.6) is 5.75 Å². The van der Waals surface area contributed by atoms with Gasteiger partial charge in [0.05, 0.1) is 19.2 Å². The van der Waals surface area contributed by atoms with Crippen LogP contribution in [0.25, 0.3) is 5.65 Å². The standard InChI is InChI=1S/C16H14N4O3/c1-23-15(22)10-12-16(20-9-5-4-8-14(20)17-12)19-18-11-6-2-3-7-13(11)21/h2-9,21H,10H2,1H3. The van der Waals surface area contributed by atoms with Gasteiger partial charge in [0.15, 0.2) is 5.82 Å². The van der Waals surface area contributed by atoms with Gasteiger partial charge < -0.3 is 9.84 Å². The number of rotatable bonds is 4. The Morgan fingerprint density at radius 2 is 2.00 bits per heavy atom. The lowest BCUT2D eigenvalue weighted by Crippen LogP contribution is -2.04. The molecule has 0 aliphatic heterocycles. The lowest BCUT2D eigenvalue weighted by Gasteiger charge is -1.99. The quantitative estimate of drug-likeness (QED) is 0.592. The van der Waals surface area contributed by atoms with E-state index in [1.807, 2.05) is 12.1 Å². The first-order valence-electron chi connectivity index (χ1n) is 6.91. The van der Waals surface area contributed by atoms with Gasteiger partial charge in [0, 0.05) is 6.20 Å². The summed E-state index contributed by atoms with van der Waals surface area (Å²) >= 11 is 0. The molecule has 0 aliphatic carbocycles. The zero-order valence-electron chi connectivity index (χ0n) is 12.4. The molecule has 0 unspecified atom stereocenters. The third-order valence-corrected chi connectivity index (χ3v) is 3.25. The number of phenolic OH excluding ortho intramolecular Hbond substituents is 1. The summed E-state index contributed by atoms with van der Waals surface area (Å²) in [7, 11) is 1.32. The Labute approximate surface area is 131 Å². The smallest absolute Gasteiger partial charge is 0.311 e. The molecule has 0 saturated carbocycles. The number of phenols is 1. The number of fused-ring (bicyclic) bond motifs is 1. The van der Waals surface area contributed by atoms with Crippen LogP contribution in [0.4, 0.5) is 11.5 Å². The van der Waals surface area contributed by atoms with Crippen LogP contribution in [0.3, 0.4) is 0 Å². The maximum atomic E-state index is 11.6. The molecule has 116 valence electrons. The lowest BCUT2D eigenvalue weighted by molar-refractivity contribution is -0.139. The topological polar surface area (TPSA) is 88.5 Å². The molecule has 0 aliphatic rings. The number of para-hydroxylation sites is 1. The molecule has 2 aromatic heterocycles. The molecule has 23 heavy (non-hydrogen) atoms. The van der Waals surface area contributed by atoms with Crippen molar-refractivity contribution in [3.63, 3.8) is 0 Å². The first-order valence-corrected chi connectivity index (χ1v) is 6.91. The fourth-order valence-electron chi connectivity index (χ4n) is 2.11. The van der Waals surface area contributed by atoms with Gasteiger partial charge in [0.1, 0.15) is 17.1 Å². The van der Waals surface area contributed by atoms with Crippen molar-refractivity contribution in [1.82, 2.24) is 9.38 Å². The van der Waals surface area contributed by atoms with Gasteiger partial charge in [-0.1, -0.05) is 18.2 Å². The van der Waals surface area contributed by atoms with E-state index in [1.54, 1.807) is 34.9 Å². The summed E-state index contributed by atoms with van der Waals surface area (Å²) < 4.78 is 6.41. The van der Waals surface area contributed by atoms with Gasteiger partial charge in [-0.25, -0.2) is 4.98 Å². The van der Waals surface area contributed by atoms with Crippen LogP contribution < -0.4 is 0 Å². The second-order valence-corrected chi connectivity index (χ2v) is 4.75. The monoisotopic (exact) mass is 310 g/mol. The summed E-state index contributed by atoms with van der Waals surface area (Å²) in [5, 5.41) is 18.0. The van der Waals surface area contributed by atoms with E-state index in [0.717, 1.165) is 0 Å². The molecule has 0 fully saturated rings. The largest absolute Gasteiger partial charge is 0.506 e. The highest BCUT2D eigenvalue weighted by molar-refractivity contribution is 5.74. The first kappa shape index (κ1) is 14.7. The van der Waals surface area contributed by atoms with Gasteiger partial charge in [0.2, 0.25) is 0 Å². The van der Waals surface area contributed by atoms with Crippen molar-refractivity contribution < 1.29 is 14.6 Å². The van der Waals surface area contributed by atoms with Gasteiger partial charge in [0.25, 0.3) is 0 Å². The number of ether oxygens (including phenoxy) is 1. The van der Waals surface area contributed by atoms with Crippen LogP contribution in [-0.4, -0.2) is 27.6 Å². The number of aromatic hydroxyl groups is 1. The van der Waals surface area contributed by atoms with E-state index in [4.69, 9.17) is 0 Å². The fourth-order valence-corrected chi connectivity index (χ4v) is 2.11. The number of carbonyl (C=O) groups is 1. The van der Waals surface area contributed by atoms with E-state index in [0.29, 0.717) is 22.8 Å². The van der Waals surface area contributed by atoms with Crippen LogP contribution in [0, 0.1) is 0 Å². The molecule has 2 heterocycles. The van der Waals surface area contributed by atoms with E-state index in [-0.39, 0.29) is 12.2 Å². The molecule has 7 heteroatoms. The summed E-state index contributed by atoms with van der Waals surface area (Å²) in [5.41, 5.74) is 1.45. The average Bonchev–Trinajstić information content (AvgIpc) is 2.91. The highest BCUT2D eigenvalue weighted by Crippen LogP contribution is 2.29. The summed E-state index contributed by atoms with van der Waals surface area (Å²) in [6.07, 6.45) is 1.77. The normalized spacial score (nSPS) is 11.2. The number of imidazole rings is 1. The fraction of sp³-hybridized carbons (Fsp3) is 0.125. The molecular weight excluding hydrogens is 296 g/mol. The number of hydrogen-bond acceptors (Lipinski definition) is 6. The lowest BCUT2D eigenvalue weighted by atomic mass is 10.3. The number of benzene rings is 1. The van der Waals surface area contributed by atoms with Crippen molar-refractivity contribution in [2.45, 2.75) is 6.42 Å². The molecule has 1 aromatic carbocycles. The Hall–Kier alpha value is -3.22. The minimum Gasteiger partial charge on any atom is -0.506 e. The van der Waals surface area contributed by atoms with Gasteiger partial charge in [-0.2, -0.15) is 0 Å². The molecule has 0 radical (unpaired) electrons. The second kappa shape index (κ2) is 6.27.